The van der Waals surface area contributed by atoms with Crippen LogP contribution in [0.15, 0.2) is 0 Å². The van der Waals surface area contributed by atoms with Gasteiger partial charge in [0.25, 0.3) is 0 Å². The predicted molar refractivity (Wildman–Crippen MR) is 67.6 cm³/mol. The average Bonchev–Trinajstić information content (AvgIpc) is 2.82. The molecular weight excluding hydrogens is 234 g/mol. The predicted octanol–water partition coefficient (Wildman–Crippen LogP) is 0.312. The summed E-state index contributed by atoms with van der Waals surface area (Å²) in [6, 6.07) is 0.530. The van der Waals surface area contributed by atoms with E-state index < -0.39 is 0 Å². The molecule has 106 valence electrons. The van der Waals surface area contributed by atoms with Gasteiger partial charge in [0, 0.05) is 45.4 Å². The summed E-state index contributed by atoms with van der Waals surface area (Å²) in [4.78, 5) is 0. The van der Waals surface area contributed by atoms with Crippen LogP contribution in [0.1, 0.15) is 25.7 Å². The van der Waals surface area contributed by atoms with E-state index in [1.165, 1.54) is 0 Å². The largest absolute Gasteiger partial charge is 0.395 e. The SMILES string of the molecule is COCCC(CO)NC1CCOC2(CCOC2)C1. The van der Waals surface area contributed by atoms with Gasteiger partial charge in [-0.1, -0.05) is 0 Å². The normalized spacial score (nSPS) is 34.0. The van der Waals surface area contributed by atoms with E-state index in [2.05, 4.69) is 5.32 Å². The van der Waals surface area contributed by atoms with E-state index in [1.54, 1.807) is 7.11 Å². The third-order valence-electron chi connectivity index (χ3n) is 3.92. The van der Waals surface area contributed by atoms with Crippen molar-refractivity contribution in [1.82, 2.24) is 5.32 Å². The van der Waals surface area contributed by atoms with Crippen LogP contribution < -0.4 is 5.32 Å². The fraction of sp³-hybridized carbons (Fsp3) is 1.00. The number of methoxy groups -OCH3 is 1. The van der Waals surface area contributed by atoms with Gasteiger partial charge in [-0.2, -0.15) is 0 Å². The van der Waals surface area contributed by atoms with Crippen molar-refractivity contribution in [2.24, 2.45) is 0 Å². The maximum Gasteiger partial charge on any atom is 0.0951 e. The van der Waals surface area contributed by atoms with Crippen molar-refractivity contribution in [1.29, 1.82) is 0 Å². The van der Waals surface area contributed by atoms with Crippen LogP contribution in [0.3, 0.4) is 0 Å². The van der Waals surface area contributed by atoms with Crippen LogP contribution in [0.4, 0.5) is 0 Å². The maximum atomic E-state index is 9.37. The molecule has 2 saturated heterocycles. The molecule has 0 aromatic carbocycles. The minimum atomic E-state index is -0.0722. The van der Waals surface area contributed by atoms with Gasteiger partial charge in [0.2, 0.25) is 0 Å². The van der Waals surface area contributed by atoms with Gasteiger partial charge < -0.3 is 24.6 Å². The Morgan fingerprint density at radius 2 is 2.39 bits per heavy atom. The molecule has 0 saturated carbocycles. The fourth-order valence-electron chi connectivity index (χ4n) is 2.85. The number of aliphatic hydroxyl groups is 1. The number of hydrogen-bond donors (Lipinski definition) is 2. The molecule has 0 amide bonds. The Hall–Kier alpha value is -0.200. The van der Waals surface area contributed by atoms with Crippen LogP contribution in [0.5, 0.6) is 0 Å². The number of aliphatic hydroxyl groups excluding tert-OH is 1. The van der Waals surface area contributed by atoms with Gasteiger partial charge in [-0.15, -0.1) is 0 Å². The van der Waals surface area contributed by atoms with Crippen molar-refractivity contribution in [2.45, 2.75) is 43.4 Å². The summed E-state index contributed by atoms with van der Waals surface area (Å²) in [5.41, 5.74) is -0.0722. The molecule has 0 aromatic heterocycles. The lowest BCUT2D eigenvalue weighted by Gasteiger charge is -2.38. The molecule has 5 heteroatoms. The van der Waals surface area contributed by atoms with Crippen molar-refractivity contribution in [3.63, 3.8) is 0 Å². The Bertz CT molecular complexity index is 243. The molecule has 2 aliphatic heterocycles. The zero-order valence-corrected chi connectivity index (χ0v) is 11.2. The van der Waals surface area contributed by atoms with Crippen molar-refractivity contribution in [3.05, 3.63) is 0 Å². The minimum Gasteiger partial charge on any atom is -0.395 e. The molecule has 2 aliphatic rings. The number of nitrogens with one attached hydrogen (secondary N) is 1. The highest BCUT2D eigenvalue weighted by Crippen LogP contribution is 2.32. The zero-order valence-electron chi connectivity index (χ0n) is 11.2. The summed E-state index contributed by atoms with van der Waals surface area (Å²) in [5.74, 6) is 0. The van der Waals surface area contributed by atoms with Crippen LogP contribution in [-0.4, -0.2) is 62.9 Å². The Kier molecular flexibility index (Phi) is 5.38. The molecule has 0 bridgehead atoms. The lowest BCUT2D eigenvalue weighted by molar-refractivity contribution is -0.0911. The Morgan fingerprint density at radius 1 is 1.50 bits per heavy atom. The van der Waals surface area contributed by atoms with E-state index in [4.69, 9.17) is 14.2 Å². The van der Waals surface area contributed by atoms with Crippen molar-refractivity contribution in [2.75, 3.05) is 40.1 Å². The second-order valence-electron chi connectivity index (χ2n) is 5.35. The topological polar surface area (TPSA) is 60.0 Å². The Labute approximate surface area is 109 Å². The van der Waals surface area contributed by atoms with E-state index in [-0.39, 0.29) is 18.2 Å². The van der Waals surface area contributed by atoms with Gasteiger partial charge in [0.1, 0.15) is 0 Å². The number of ether oxygens (including phenoxy) is 3. The third kappa shape index (κ3) is 3.65. The molecular formula is C13H25NO4. The molecule has 2 rings (SSSR count). The van der Waals surface area contributed by atoms with Gasteiger partial charge in [0.05, 0.1) is 18.8 Å². The van der Waals surface area contributed by atoms with E-state index in [9.17, 15) is 5.11 Å². The minimum absolute atomic E-state index is 0.0722. The van der Waals surface area contributed by atoms with E-state index >= 15 is 0 Å². The van der Waals surface area contributed by atoms with Gasteiger partial charge >= 0.3 is 0 Å². The summed E-state index contributed by atoms with van der Waals surface area (Å²) >= 11 is 0. The molecule has 2 heterocycles. The molecule has 18 heavy (non-hydrogen) atoms. The standard InChI is InChI=1S/C13H25NO4/c1-16-5-2-12(9-15)14-11-3-6-18-13(8-11)4-7-17-10-13/h11-12,14-15H,2-10H2,1H3. The number of hydrogen-bond acceptors (Lipinski definition) is 5. The van der Waals surface area contributed by atoms with Gasteiger partial charge in [-0.25, -0.2) is 0 Å². The van der Waals surface area contributed by atoms with Gasteiger partial charge in [0.15, 0.2) is 0 Å². The van der Waals surface area contributed by atoms with Crippen LogP contribution in [0, 0.1) is 0 Å². The highest BCUT2D eigenvalue weighted by Gasteiger charge is 2.41. The summed E-state index contributed by atoms with van der Waals surface area (Å²) in [6.45, 7) is 3.14. The summed E-state index contributed by atoms with van der Waals surface area (Å²) < 4.78 is 16.4. The van der Waals surface area contributed by atoms with E-state index in [0.717, 1.165) is 38.9 Å². The van der Waals surface area contributed by atoms with Crippen molar-refractivity contribution < 1.29 is 19.3 Å². The molecule has 0 aromatic rings. The molecule has 3 atom stereocenters. The first-order chi connectivity index (χ1) is 8.78. The van der Waals surface area contributed by atoms with Crippen molar-refractivity contribution >= 4 is 0 Å². The van der Waals surface area contributed by atoms with Gasteiger partial charge in [-0.05, 0) is 19.3 Å². The van der Waals surface area contributed by atoms with Crippen LogP contribution in [-0.2, 0) is 14.2 Å². The monoisotopic (exact) mass is 259 g/mol. The lowest BCUT2D eigenvalue weighted by Crippen LogP contribution is -2.51. The van der Waals surface area contributed by atoms with Crippen LogP contribution >= 0.6 is 0 Å². The van der Waals surface area contributed by atoms with Crippen molar-refractivity contribution in [3.8, 4) is 0 Å². The third-order valence-corrected chi connectivity index (χ3v) is 3.92. The van der Waals surface area contributed by atoms with Gasteiger partial charge in [-0.3, -0.25) is 0 Å². The molecule has 0 aliphatic carbocycles. The molecule has 0 radical (unpaired) electrons. The molecule has 5 nitrogen and oxygen atoms in total. The summed E-state index contributed by atoms with van der Waals surface area (Å²) in [5, 5.41) is 12.9. The maximum absolute atomic E-state index is 9.37. The quantitative estimate of drug-likeness (QED) is 0.719. The number of rotatable bonds is 6. The Morgan fingerprint density at radius 3 is 3.06 bits per heavy atom. The highest BCUT2D eigenvalue weighted by molar-refractivity contribution is 4.93. The first-order valence-corrected chi connectivity index (χ1v) is 6.85. The Balaban J connectivity index is 1.80. The first-order valence-electron chi connectivity index (χ1n) is 6.85. The summed E-state index contributed by atoms with van der Waals surface area (Å²) in [6.07, 6.45) is 3.82. The molecule has 1 spiro atoms. The molecule has 2 fully saturated rings. The smallest absolute Gasteiger partial charge is 0.0951 e. The second-order valence-corrected chi connectivity index (χ2v) is 5.35. The fourth-order valence-corrected chi connectivity index (χ4v) is 2.85. The van der Waals surface area contributed by atoms with Crippen LogP contribution in [0.2, 0.25) is 0 Å². The first kappa shape index (κ1) is 14.2. The molecule has 2 N–H and O–H groups in total. The van der Waals surface area contributed by atoms with E-state index in [1.807, 2.05) is 0 Å². The highest BCUT2D eigenvalue weighted by atomic mass is 16.6. The molecule has 3 unspecified atom stereocenters. The summed E-state index contributed by atoms with van der Waals surface area (Å²) in [7, 11) is 1.69. The lowest BCUT2D eigenvalue weighted by atomic mass is 9.89. The second kappa shape index (κ2) is 6.82. The zero-order chi connectivity index (χ0) is 12.8. The van der Waals surface area contributed by atoms with Crippen LogP contribution in [0.25, 0.3) is 0 Å². The van der Waals surface area contributed by atoms with E-state index in [0.29, 0.717) is 19.3 Å². The average molecular weight is 259 g/mol.